The van der Waals surface area contributed by atoms with E-state index in [0.717, 1.165) is 25.6 Å². The van der Waals surface area contributed by atoms with Gasteiger partial charge in [0.05, 0.1) is 0 Å². The molecule has 0 bridgehead atoms. The van der Waals surface area contributed by atoms with Crippen LogP contribution in [0, 0.1) is 5.92 Å². The molecule has 3 heteroatoms. The first-order valence-corrected chi connectivity index (χ1v) is 7.06. The van der Waals surface area contributed by atoms with Crippen molar-refractivity contribution < 1.29 is 0 Å². The third-order valence-corrected chi connectivity index (χ3v) is 4.03. The van der Waals surface area contributed by atoms with Crippen LogP contribution in [-0.4, -0.2) is 25.0 Å². The second kappa shape index (κ2) is 5.80. The fraction of sp³-hybridized carbons (Fsp3) is 0.692. The van der Waals surface area contributed by atoms with Gasteiger partial charge in [0.15, 0.2) is 0 Å². The molecule has 0 atom stereocenters. The molecule has 0 spiro atoms. The van der Waals surface area contributed by atoms with Gasteiger partial charge in [-0.2, -0.15) is 0 Å². The molecule has 0 amide bonds. The van der Waals surface area contributed by atoms with Gasteiger partial charge in [0, 0.05) is 29.4 Å². The fourth-order valence-corrected chi connectivity index (χ4v) is 2.99. The summed E-state index contributed by atoms with van der Waals surface area (Å²) in [5.41, 5.74) is 0. The first-order chi connectivity index (χ1) is 7.78. The predicted octanol–water partition coefficient (Wildman–Crippen LogP) is 2.70. The van der Waals surface area contributed by atoms with E-state index in [-0.39, 0.29) is 0 Å². The number of nitrogens with one attached hydrogen (secondary N) is 1. The molecule has 0 aliphatic heterocycles. The molecule has 0 radical (unpaired) electrons. The van der Waals surface area contributed by atoms with Crippen molar-refractivity contribution in [3.63, 3.8) is 0 Å². The summed E-state index contributed by atoms with van der Waals surface area (Å²) in [5.74, 6) is 0.992. The molecule has 1 aliphatic carbocycles. The Labute approximate surface area is 103 Å². The lowest BCUT2D eigenvalue weighted by Gasteiger charge is -2.14. The summed E-state index contributed by atoms with van der Waals surface area (Å²) in [4.78, 5) is 5.41. The van der Waals surface area contributed by atoms with Crippen LogP contribution in [-0.2, 0) is 13.1 Å². The minimum absolute atomic E-state index is 0.992. The van der Waals surface area contributed by atoms with E-state index in [1.807, 2.05) is 11.3 Å². The van der Waals surface area contributed by atoms with Gasteiger partial charge in [0.2, 0.25) is 0 Å². The Hall–Kier alpha value is -0.380. The monoisotopic (exact) mass is 238 g/mol. The second-order valence-electron chi connectivity index (χ2n) is 4.79. The number of nitrogens with zero attached hydrogens (tertiary/aromatic N) is 1. The first-order valence-electron chi connectivity index (χ1n) is 6.24. The van der Waals surface area contributed by atoms with E-state index < -0.39 is 0 Å². The Morgan fingerprint density at radius 3 is 2.81 bits per heavy atom. The summed E-state index contributed by atoms with van der Waals surface area (Å²) in [5, 5.41) is 3.37. The van der Waals surface area contributed by atoms with Crippen LogP contribution in [0.5, 0.6) is 0 Å². The van der Waals surface area contributed by atoms with Crippen molar-refractivity contribution in [3.05, 3.63) is 21.9 Å². The van der Waals surface area contributed by atoms with Crippen LogP contribution in [0.15, 0.2) is 12.1 Å². The van der Waals surface area contributed by atoms with Gasteiger partial charge in [-0.05, 0) is 44.5 Å². The van der Waals surface area contributed by atoms with E-state index in [2.05, 4.69) is 36.3 Å². The zero-order valence-electron chi connectivity index (χ0n) is 10.3. The maximum absolute atomic E-state index is 3.37. The summed E-state index contributed by atoms with van der Waals surface area (Å²) >= 11 is 1.94. The quantitative estimate of drug-likeness (QED) is 0.786. The van der Waals surface area contributed by atoms with Gasteiger partial charge in [-0.3, -0.25) is 0 Å². The van der Waals surface area contributed by atoms with E-state index in [1.54, 1.807) is 0 Å². The van der Waals surface area contributed by atoms with E-state index >= 15 is 0 Å². The Kier molecular flexibility index (Phi) is 4.38. The molecule has 1 N–H and O–H groups in total. The second-order valence-corrected chi connectivity index (χ2v) is 6.04. The van der Waals surface area contributed by atoms with E-state index in [9.17, 15) is 0 Å². The summed E-state index contributed by atoms with van der Waals surface area (Å²) in [6.07, 6.45) is 2.89. The molecule has 2 nitrogen and oxygen atoms in total. The van der Waals surface area contributed by atoms with Gasteiger partial charge in [0.25, 0.3) is 0 Å². The van der Waals surface area contributed by atoms with Gasteiger partial charge in [-0.1, -0.05) is 6.92 Å². The number of rotatable bonds is 7. The van der Waals surface area contributed by atoms with Gasteiger partial charge in [0.1, 0.15) is 0 Å². The van der Waals surface area contributed by atoms with Crippen molar-refractivity contribution in [2.75, 3.05) is 20.1 Å². The highest BCUT2D eigenvalue weighted by atomic mass is 32.1. The lowest BCUT2D eigenvalue weighted by molar-refractivity contribution is 0.316. The minimum Gasteiger partial charge on any atom is -0.312 e. The molecule has 0 saturated heterocycles. The smallest absolute Gasteiger partial charge is 0.0325 e. The van der Waals surface area contributed by atoms with Crippen LogP contribution in [0.4, 0.5) is 0 Å². The zero-order chi connectivity index (χ0) is 11.4. The average molecular weight is 238 g/mol. The van der Waals surface area contributed by atoms with Crippen molar-refractivity contribution >= 4 is 11.3 Å². The molecule has 16 heavy (non-hydrogen) atoms. The highest BCUT2D eigenvalue weighted by Gasteiger charge is 2.22. The highest BCUT2D eigenvalue weighted by molar-refractivity contribution is 7.11. The summed E-state index contributed by atoms with van der Waals surface area (Å²) in [6, 6.07) is 4.54. The molecule has 1 aromatic heterocycles. The summed E-state index contributed by atoms with van der Waals surface area (Å²) < 4.78 is 0. The molecule has 2 rings (SSSR count). The van der Waals surface area contributed by atoms with Crippen molar-refractivity contribution in [1.29, 1.82) is 0 Å². The number of thiophene rings is 1. The predicted molar refractivity (Wildman–Crippen MR) is 70.8 cm³/mol. The molecular formula is C13H22N2S. The highest BCUT2D eigenvalue weighted by Crippen LogP contribution is 2.30. The Bertz CT molecular complexity index is 317. The van der Waals surface area contributed by atoms with E-state index in [1.165, 1.54) is 29.1 Å². The summed E-state index contributed by atoms with van der Waals surface area (Å²) in [7, 11) is 2.24. The molecule has 1 aromatic rings. The van der Waals surface area contributed by atoms with Crippen molar-refractivity contribution in [2.45, 2.75) is 32.9 Å². The standard InChI is InChI=1S/C13H22N2S/c1-3-14-8-12-6-7-13(16-12)10-15(2)9-11-4-5-11/h6-7,11,14H,3-5,8-10H2,1-2H3. The maximum atomic E-state index is 3.37. The van der Waals surface area contributed by atoms with E-state index in [4.69, 9.17) is 0 Å². The van der Waals surface area contributed by atoms with Gasteiger partial charge in [-0.25, -0.2) is 0 Å². The molecule has 1 saturated carbocycles. The van der Waals surface area contributed by atoms with Gasteiger partial charge >= 0.3 is 0 Å². The van der Waals surface area contributed by atoms with Crippen molar-refractivity contribution in [3.8, 4) is 0 Å². The number of hydrogen-bond acceptors (Lipinski definition) is 3. The zero-order valence-corrected chi connectivity index (χ0v) is 11.1. The number of hydrogen-bond donors (Lipinski definition) is 1. The topological polar surface area (TPSA) is 15.3 Å². The maximum Gasteiger partial charge on any atom is 0.0325 e. The molecule has 1 heterocycles. The Morgan fingerprint density at radius 2 is 2.12 bits per heavy atom. The van der Waals surface area contributed by atoms with Crippen LogP contribution in [0.1, 0.15) is 29.5 Å². The van der Waals surface area contributed by atoms with Gasteiger partial charge in [-0.15, -0.1) is 11.3 Å². The fourth-order valence-electron chi connectivity index (χ4n) is 1.92. The van der Waals surface area contributed by atoms with Crippen LogP contribution in [0.3, 0.4) is 0 Å². The third-order valence-electron chi connectivity index (χ3n) is 2.96. The average Bonchev–Trinajstić information content (AvgIpc) is 2.94. The molecule has 90 valence electrons. The summed E-state index contributed by atoms with van der Waals surface area (Å²) in [6.45, 7) is 6.62. The van der Waals surface area contributed by atoms with Crippen molar-refractivity contribution in [2.24, 2.45) is 5.92 Å². The normalized spacial score (nSPS) is 15.9. The molecule has 1 aliphatic rings. The SMILES string of the molecule is CCNCc1ccc(CN(C)CC2CC2)s1. The Balaban J connectivity index is 1.76. The van der Waals surface area contributed by atoms with Crippen LogP contribution < -0.4 is 5.32 Å². The molecule has 0 aromatic carbocycles. The lowest BCUT2D eigenvalue weighted by Crippen LogP contribution is -2.19. The lowest BCUT2D eigenvalue weighted by atomic mass is 10.3. The van der Waals surface area contributed by atoms with Crippen LogP contribution in [0.25, 0.3) is 0 Å². The van der Waals surface area contributed by atoms with Gasteiger partial charge < -0.3 is 10.2 Å². The van der Waals surface area contributed by atoms with Crippen LogP contribution in [0.2, 0.25) is 0 Å². The van der Waals surface area contributed by atoms with Crippen molar-refractivity contribution in [1.82, 2.24) is 10.2 Å². The third kappa shape index (κ3) is 3.89. The first kappa shape index (κ1) is 12.1. The minimum atomic E-state index is 0.992. The molecule has 0 unspecified atom stereocenters. The molecule has 1 fully saturated rings. The molecular weight excluding hydrogens is 216 g/mol. The van der Waals surface area contributed by atoms with Crippen LogP contribution >= 0.6 is 11.3 Å². The van der Waals surface area contributed by atoms with E-state index in [0.29, 0.717) is 0 Å². The Morgan fingerprint density at radius 1 is 1.38 bits per heavy atom. The largest absolute Gasteiger partial charge is 0.312 e.